The highest BCUT2D eigenvalue weighted by molar-refractivity contribution is 5.64. The fraction of sp³-hybridized carbons (Fsp3) is 0.273. The standard InChI is InChI=1S/C11H14N4O2/c12-4-3-8-7-9(1-2-10(8)13)15-5-6-17-11(14)16/h1-2,7,15H,3,5-6,13H2,(H2,14,16). The number of hydrogen-bond donors (Lipinski definition) is 3. The second-order valence-corrected chi connectivity index (χ2v) is 3.34. The highest BCUT2D eigenvalue weighted by atomic mass is 16.5. The summed E-state index contributed by atoms with van der Waals surface area (Å²) in [6.45, 7) is 0.631. The third-order valence-electron chi connectivity index (χ3n) is 2.09. The first kappa shape index (κ1) is 12.6. The maximum atomic E-state index is 10.3. The molecule has 0 heterocycles. The van der Waals surface area contributed by atoms with Crippen LogP contribution in [-0.4, -0.2) is 19.2 Å². The number of nitrogens with two attached hydrogens (primary N) is 2. The van der Waals surface area contributed by atoms with E-state index in [1.165, 1.54) is 0 Å². The summed E-state index contributed by atoms with van der Waals surface area (Å²) in [6.07, 6.45) is -0.534. The van der Waals surface area contributed by atoms with Gasteiger partial charge in [-0.2, -0.15) is 5.26 Å². The fourth-order valence-electron chi connectivity index (χ4n) is 1.30. The normalized spacial score (nSPS) is 9.35. The zero-order valence-electron chi connectivity index (χ0n) is 9.27. The van der Waals surface area contributed by atoms with E-state index in [9.17, 15) is 4.79 Å². The smallest absolute Gasteiger partial charge is 0.404 e. The van der Waals surface area contributed by atoms with Gasteiger partial charge in [0.2, 0.25) is 0 Å². The molecule has 0 aliphatic rings. The number of nitrogen functional groups attached to an aromatic ring is 1. The number of carbonyl (C=O) groups is 1. The Morgan fingerprint density at radius 3 is 2.94 bits per heavy atom. The molecule has 90 valence electrons. The van der Waals surface area contributed by atoms with Gasteiger partial charge >= 0.3 is 6.09 Å². The van der Waals surface area contributed by atoms with E-state index in [0.29, 0.717) is 12.2 Å². The number of anilines is 2. The van der Waals surface area contributed by atoms with Gasteiger partial charge in [0.1, 0.15) is 6.61 Å². The second-order valence-electron chi connectivity index (χ2n) is 3.34. The molecule has 1 aromatic rings. The number of rotatable bonds is 5. The summed E-state index contributed by atoms with van der Waals surface area (Å²) in [5.41, 5.74) is 12.7. The van der Waals surface area contributed by atoms with E-state index in [1.54, 1.807) is 18.2 Å². The molecular formula is C11H14N4O2. The molecular weight excluding hydrogens is 220 g/mol. The molecule has 0 unspecified atom stereocenters. The summed E-state index contributed by atoms with van der Waals surface area (Å²) in [5, 5.41) is 11.6. The van der Waals surface area contributed by atoms with E-state index in [0.717, 1.165) is 11.3 Å². The number of carbonyl (C=O) groups excluding carboxylic acids is 1. The first-order chi connectivity index (χ1) is 8.13. The lowest BCUT2D eigenvalue weighted by Crippen LogP contribution is -2.18. The van der Waals surface area contributed by atoms with Crippen molar-refractivity contribution >= 4 is 17.5 Å². The Bertz CT molecular complexity index is 440. The molecule has 17 heavy (non-hydrogen) atoms. The van der Waals surface area contributed by atoms with Crippen LogP contribution in [0.4, 0.5) is 16.2 Å². The van der Waals surface area contributed by atoms with Crippen LogP contribution < -0.4 is 16.8 Å². The summed E-state index contributed by atoms with van der Waals surface area (Å²) in [6, 6.07) is 7.35. The Balaban J connectivity index is 2.51. The van der Waals surface area contributed by atoms with Crippen molar-refractivity contribution in [2.24, 2.45) is 5.73 Å². The van der Waals surface area contributed by atoms with Crippen molar-refractivity contribution in [3.63, 3.8) is 0 Å². The van der Waals surface area contributed by atoms with Crippen molar-refractivity contribution < 1.29 is 9.53 Å². The van der Waals surface area contributed by atoms with E-state index in [1.807, 2.05) is 6.07 Å². The molecule has 1 aromatic carbocycles. The minimum atomic E-state index is -0.797. The maximum absolute atomic E-state index is 10.3. The predicted molar refractivity (Wildman–Crippen MR) is 64.2 cm³/mol. The molecule has 0 aliphatic heterocycles. The average Bonchev–Trinajstić information content (AvgIpc) is 2.28. The van der Waals surface area contributed by atoms with Crippen molar-refractivity contribution in [2.75, 3.05) is 24.2 Å². The molecule has 0 aliphatic carbocycles. The van der Waals surface area contributed by atoms with Gasteiger partial charge in [0.05, 0.1) is 12.5 Å². The van der Waals surface area contributed by atoms with Gasteiger partial charge in [-0.15, -0.1) is 0 Å². The number of hydrogen-bond acceptors (Lipinski definition) is 5. The molecule has 6 nitrogen and oxygen atoms in total. The van der Waals surface area contributed by atoms with E-state index >= 15 is 0 Å². The Kier molecular flexibility index (Phi) is 4.63. The first-order valence-corrected chi connectivity index (χ1v) is 5.05. The third kappa shape index (κ3) is 4.30. The van der Waals surface area contributed by atoms with Gasteiger partial charge in [-0.3, -0.25) is 0 Å². The number of nitrogens with one attached hydrogen (secondary N) is 1. The Morgan fingerprint density at radius 2 is 2.29 bits per heavy atom. The summed E-state index contributed by atoms with van der Waals surface area (Å²) in [4.78, 5) is 10.3. The monoisotopic (exact) mass is 234 g/mol. The highest BCUT2D eigenvalue weighted by Gasteiger charge is 2.01. The summed E-state index contributed by atoms with van der Waals surface area (Å²) in [7, 11) is 0. The number of benzene rings is 1. The van der Waals surface area contributed by atoms with Crippen molar-refractivity contribution in [3.8, 4) is 6.07 Å². The molecule has 0 bridgehead atoms. The highest BCUT2D eigenvalue weighted by Crippen LogP contribution is 2.17. The number of ether oxygens (including phenoxy) is 1. The molecule has 0 atom stereocenters. The predicted octanol–water partition coefficient (Wildman–Crippen LogP) is 0.842. The summed E-state index contributed by atoms with van der Waals surface area (Å²) < 4.78 is 4.56. The van der Waals surface area contributed by atoms with Crippen LogP contribution in [0.15, 0.2) is 18.2 Å². The van der Waals surface area contributed by atoms with Crippen molar-refractivity contribution in [2.45, 2.75) is 6.42 Å². The van der Waals surface area contributed by atoms with Gasteiger partial charge in [0.25, 0.3) is 0 Å². The molecule has 0 spiro atoms. The van der Waals surface area contributed by atoms with E-state index in [2.05, 4.69) is 10.1 Å². The molecule has 6 heteroatoms. The van der Waals surface area contributed by atoms with Crippen LogP contribution >= 0.6 is 0 Å². The topological polar surface area (TPSA) is 114 Å². The number of primary amides is 1. The second kappa shape index (κ2) is 6.23. The molecule has 0 radical (unpaired) electrons. The van der Waals surface area contributed by atoms with Gasteiger partial charge in [-0.1, -0.05) is 0 Å². The van der Waals surface area contributed by atoms with Crippen LogP contribution in [-0.2, 0) is 11.2 Å². The van der Waals surface area contributed by atoms with Crippen LogP contribution in [0.5, 0.6) is 0 Å². The molecule has 0 saturated carbocycles. The Labute approximate surface area is 99.2 Å². The van der Waals surface area contributed by atoms with E-state index < -0.39 is 6.09 Å². The average molecular weight is 234 g/mol. The Hall–Kier alpha value is -2.42. The quantitative estimate of drug-likeness (QED) is 0.516. The number of nitrogens with zero attached hydrogens (tertiary/aromatic N) is 1. The zero-order chi connectivity index (χ0) is 12.7. The molecule has 1 rings (SSSR count). The SMILES string of the molecule is N#CCc1cc(NCCOC(N)=O)ccc1N. The van der Waals surface area contributed by atoms with E-state index in [-0.39, 0.29) is 13.0 Å². The van der Waals surface area contributed by atoms with Crippen molar-refractivity contribution in [3.05, 3.63) is 23.8 Å². The molecule has 0 fully saturated rings. The number of amides is 1. The molecule has 0 aromatic heterocycles. The molecule has 5 N–H and O–H groups in total. The number of nitriles is 1. The minimum Gasteiger partial charge on any atom is -0.448 e. The summed E-state index contributed by atoms with van der Waals surface area (Å²) >= 11 is 0. The minimum absolute atomic E-state index is 0.188. The zero-order valence-corrected chi connectivity index (χ0v) is 9.27. The first-order valence-electron chi connectivity index (χ1n) is 5.05. The largest absolute Gasteiger partial charge is 0.448 e. The van der Waals surface area contributed by atoms with Gasteiger partial charge in [0, 0.05) is 17.9 Å². The van der Waals surface area contributed by atoms with Crippen LogP contribution in [0.25, 0.3) is 0 Å². The van der Waals surface area contributed by atoms with Gasteiger partial charge in [0.15, 0.2) is 0 Å². The van der Waals surface area contributed by atoms with Crippen LogP contribution in [0.1, 0.15) is 5.56 Å². The fourth-order valence-corrected chi connectivity index (χ4v) is 1.30. The maximum Gasteiger partial charge on any atom is 0.404 e. The lowest BCUT2D eigenvalue weighted by molar-refractivity contribution is 0.161. The lowest BCUT2D eigenvalue weighted by atomic mass is 10.1. The van der Waals surface area contributed by atoms with Crippen LogP contribution in [0.2, 0.25) is 0 Å². The van der Waals surface area contributed by atoms with Crippen molar-refractivity contribution in [1.29, 1.82) is 5.26 Å². The third-order valence-corrected chi connectivity index (χ3v) is 2.09. The Morgan fingerprint density at radius 1 is 1.53 bits per heavy atom. The van der Waals surface area contributed by atoms with Gasteiger partial charge < -0.3 is 21.5 Å². The van der Waals surface area contributed by atoms with Gasteiger partial charge in [-0.05, 0) is 23.8 Å². The van der Waals surface area contributed by atoms with E-state index in [4.69, 9.17) is 16.7 Å². The molecule has 1 amide bonds. The van der Waals surface area contributed by atoms with Crippen LogP contribution in [0, 0.1) is 11.3 Å². The van der Waals surface area contributed by atoms with Crippen molar-refractivity contribution in [1.82, 2.24) is 0 Å². The molecule has 0 saturated heterocycles. The lowest BCUT2D eigenvalue weighted by Gasteiger charge is -2.09. The van der Waals surface area contributed by atoms with Crippen LogP contribution in [0.3, 0.4) is 0 Å². The summed E-state index contributed by atoms with van der Waals surface area (Å²) in [5.74, 6) is 0. The van der Waals surface area contributed by atoms with Gasteiger partial charge in [-0.25, -0.2) is 4.79 Å².